The molecule has 3 aromatic carbocycles. The minimum atomic E-state index is -3.45. The summed E-state index contributed by atoms with van der Waals surface area (Å²) in [6.07, 6.45) is 6.96. The van der Waals surface area contributed by atoms with Gasteiger partial charge < -0.3 is 30.1 Å². The highest BCUT2D eigenvalue weighted by Crippen LogP contribution is 2.41. The Morgan fingerprint density at radius 3 is 2.35 bits per heavy atom. The lowest BCUT2D eigenvalue weighted by atomic mass is 10.00. The number of hydrogen-bond acceptors (Lipinski definition) is 15. The van der Waals surface area contributed by atoms with E-state index in [1.54, 1.807) is 25.4 Å². The molecule has 0 bridgehead atoms. The molecule has 358 valence electrons. The first-order chi connectivity index (χ1) is 32.7. The molecule has 4 saturated heterocycles. The minimum Gasteiger partial charge on any atom is -0.494 e. The third-order valence-electron chi connectivity index (χ3n) is 14.4. The van der Waals surface area contributed by atoms with Crippen LogP contribution < -0.4 is 34.8 Å². The van der Waals surface area contributed by atoms with Crippen molar-refractivity contribution in [1.29, 1.82) is 0 Å². The smallest absolute Gasteiger partial charge is 0.262 e. The van der Waals surface area contributed by atoms with Crippen LogP contribution in [0.15, 0.2) is 59.2 Å². The molecule has 4 amide bonds. The average Bonchev–Trinajstić information content (AvgIpc) is 4.05. The summed E-state index contributed by atoms with van der Waals surface area (Å²) >= 11 is 3.57. The van der Waals surface area contributed by atoms with Crippen molar-refractivity contribution in [3.63, 3.8) is 0 Å². The topological polar surface area (TPSA) is 193 Å². The SMILES string of the molecule is COc1cc(N2CCC(N3CCN(CC4CCN(c5ccc6c(c5)C(=O)N(C5CCC(=O)NC5=O)C6=O)C4)CC3)CC2)c(C)cc1Nc1ncc(Br)c(Nc2cccc3c2N(S(C)(=O)=O)CC3)n1. The van der Waals surface area contributed by atoms with E-state index in [-0.39, 0.29) is 18.7 Å². The number of anilines is 7. The fourth-order valence-electron chi connectivity index (χ4n) is 10.9. The summed E-state index contributed by atoms with van der Waals surface area (Å²) < 4.78 is 33.2. The molecule has 6 aliphatic heterocycles. The van der Waals surface area contributed by atoms with E-state index in [2.05, 4.69) is 75.5 Å². The van der Waals surface area contributed by atoms with Gasteiger partial charge in [-0.2, -0.15) is 4.98 Å². The highest BCUT2D eigenvalue weighted by atomic mass is 79.9. The van der Waals surface area contributed by atoms with Gasteiger partial charge in [0.2, 0.25) is 27.8 Å². The largest absolute Gasteiger partial charge is 0.494 e. The van der Waals surface area contributed by atoms with Crippen molar-refractivity contribution in [2.75, 3.05) is 104 Å². The number of sulfonamides is 1. The van der Waals surface area contributed by atoms with Gasteiger partial charge in [-0.3, -0.25) is 38.6 Å². The lowest BCUT2D eigenvalue weighted by Gasteiger charge is -2.44. The van der Waals surface area contributed by atoms with E-state index in [0.29, 0.717) is 69.4 Å². The zero-order chi connectivity index (χ0) is 47.4. The summed E-state index contributed by atoms with van der Waals surface area (Å²) in [5.41, 5.74) is 6.77. The molecule has 0 spiro atoms. The summed E-state index contributed by atoms with van der Waals surface area (Å²) in [5, 5.41) is 8.96. The molecule has 10 rings (SSSR count). The van der Waals surface area contributed by atoms with Crippen molar-refractivity contribution in [1.82, 2.24) is 30.0 Å². The molecule has 7 heterocycles. The average molecular weight is 1010 g/mol. The molecular formula is C48H56BrN11O7S. The summed E-state index contributed by atoms with van der Waals surface area (Å²) in [4.78, 5) is 71.2. The number of amides is 4. The van der Waals surface area contributed by atoms with E-state index >= 15 is 0 Å². The van der Waals surface area contributed by atoms with Crippen LogP contribution in [0, 0.1) is 12.8 Å². The first-order valence-electron chi connectivity index (χ1n) is 23.4. The van der Waals surface area contributed by atoms with Crippen LogP contribution >= 0.6 is 15.9 Å². The van der Waals surface area contributed by atoms with Crippen molar-refractivity contribution in [2.24, 2.45) is 5.92 Å². The van der Waals surface area contributed by atoms with E-state index in [4.69, 9.17) is 9.72 Å². The van der Waals surface area contributed by atoms with E-state index in [1.165, 1.54) is 10.6 Å². The zero-order valence-corrected chi connectivity index (χ0v) is 40.9. The van der Waals surface area contributed by atoms with Crippen LogP contribution in [-0.2, 0) is 26.0 Å². The number of halogens is 1. The summed E-state index contributed by atoms with van der Waals surface area (Å²) in [6.45, 7) is 11.3. The third-order valence-corrected chi connectivity index (χ3v) is 16.2. The van der Waals surface area contributed by atoms with Gasteiger partial charge in [0.05, 0.1) is 46.0 Å². The highest BCUT2D eigenvalue weighted by Gasteiger charge is 2.45. The number of para-hydroxylation sites is 1. The molecule has 0 aliphatic carbocycles. The normalized spacial score (nSPS) is 21.6. The lowest BCUT2D eigenvalue weighted by molar-refractivity contribution is -0.136. The molecule has 6 aliphatic rings. The fraction of sp³-hybridized carbons (Fsp3) is 0.458. The minimum absolute atomic E-state index is 0.0936. The number of nitrogens with one attached hydrogen (secondary N) is 3. The molecule has 68 heavy (non-hydrogen) atoms. The number of nitrogens with zero attached hydrogens (tertiary/aromatic N) is 8. The molecule has 20 heteroatoms. The van der Waals surface area contributed by atoms with Gasteiger partial charge in [-0.25, -0.2) is 13.4 Å². The van der Waals surface area contributed by atoms with Gasteiger partial charge in [-0.1, -0.05) is 12.1 Å². The van der Waals surface area contributed by atoms with Crippen molar-refractivity contribution in [3.05, 3.63) is 81.5 Å². The van der Waals surface area contributed by atoms with E-state index in [1.807, 2.05) is 24.3 Å². The van der Waals surface area contributed by atoms with Gasteiger partial charge in [0, 0.05) is 102 Å². The maximum atomic E-state index is 13.4. The van der Waals surface area contributed by atoms with E-state index < -0.39 is 33.8 Å². The monoisotopic (exact) mass is 1010 g/mol. The van der Waals surface area contributed by atoms with Crippen molar-refractivity contribution in [3.8, 4) is 5.75 Å². The van der Waals surface area contributed by atoms with Crippen molar-refractivity contribution >= 4 is 89.8 Å². The number of aromatic nitrogens is 2. The molecule has 4 fully saturated rings. The molecule has 0 radical (unpaired) electrons. The number of aryl methyl sites for hydroxylation is 1. The quantitative estimate of drug-likeness (QED) is 0.163. The maximum absolute atomic E-state index is 13.4. The van der Waals surface area contributed by atoms with Crippen molar-refractivity contribution < 1.29 is 32.3 Å². The molecular weight excluding hydrogens is 955 g/mol. The first kappa shape index (κ1) is 45.9. The zero-order valence-electron chi connectivity index (χ0n) is 38.5. The van der Waals surface area contributed by atoms with Crippen LogP contribution in [0.25, 0.3) is 0 Å². The van der Waals surface area contributed by atoms with Crippen LogP contribution in [0.1, 0.15) is 63.9 Å². The number of rotatable bonds is 12. The van der Waals surface area contributed by atoms with E-state index in [0.717, 1.165) is 111 Å². The number of carbonyl (C=O) groups is 4. The Bertz CT molecular complexity index is 2800. The Kier molecular flexibility index (Phi) is 12.6. The van der Waals surface area contributed by atoms with Crippen LogP contribution in [0.4, 0.5) is 40.2 Å². The predicted octanol–water partition coefficient (Wildman–Crippen LogP) is 4.88. The Morgan fingerprint density at radius 1 is 0.838 bits per heavy atom. The number of piperazine rings is 1. The number of fused-ring (bicyclic) bond motifs is 2. The molecule has 18 nitrogen and oxygen atoms in total. The number of ether oxygens (including phenoxy) is 1. The molecule has 2 atom stereocenters. The maximum Gasteiger partial charge on any atom is 0.262 e. The van der Waals surface area contributed by atoms with Crippen molar-refractivity contribution in [2.45, 2.75) is 57.5 Å². The molecule has 4 aromatic rings. The second-order valence-electron chi connectivity index (χ2n) is 18.7. The first-order valence-corrected chi connectivity index (χ1v) is 26.0. The standard InChI is InChI=1S/C48H56BrN11O7S/c1-29-23-38(52-48-50-26-36(49)44(54-48)51-37-6-4-5-31-12-18-59(43(31)37)68(3,65)66)41(67-2)25-40(29)57-16-13-32(14-17-57)56-21-19-55(20-22-56)27-30-11-15-58(28-30)33-7-8-34-35(24-33)47(64)60(46(34)63)39-9-10-42(61)53-45(39)62/h4-8,23-26,30,32,39H,9-22,27-28H2,1-3H3,(H,53,61,62)(H2,50,51,52,54). The highest BCUT2D eigenvalue weighted by molar-refractivity contribution is 9.10. The van der Waals surface area contributed by atoms with Crippen LogP contribution in [0.2, 0.25) is 0 Å². The van der Waals surface area contributed by atoms with Gasteiger partial charge in [0.1, 0.15) is 17.6 Å². The fourth-order valence-corrected chi connectivity index (χ4v) is 12.2. The second-order valence-corrected chi connectivity index (χ2v) is 21.5. The lowest BCUT2D eigenvalue weighted by Crippen LogP contribution is -2.54. The second kappa shape index (κ2) is 18.6. The van der Waals surface area contributed by atoms with E-state index in [9.17, 15) is 27.6 Å². The Labute approximate surface area is 404 Å². The predicted molar refractivity (Wildman–Crippen MR) is 263 cm³/mol. The summed E-state index contributed by atoms with van der Waals surface area (Å²) in [7, 11) is -1.79. The van der Waals surface area contributed by atoms with Crippen LogP contribution in [-0.4, -0.2) is 148 Å². The number of carbonyl (C=O) groups excluding carboxylic acids is 4. The number of piperidine rings is 2. The summed E-state index contributed by atoms with van der Waals surface area (Å²) in [6, 6.07) is 14.8. The molecule has 0 saturated carbocycles. The van der Waals surface area contributed by atoms with Gasteiger partial charge in [-0.15, -0.1) is 0 Å². The van der Waals surface area contributed by atoms with Gasteiger partial charge in [0.15, 0.2) is 0 Å². The van der Waals surface area contributed by atoms with Gasteiger partial charge in [-0.05, 0) is 102 Å². The Balaban J connectivity index is 0.705. The third kappa shape index (κ3) is 8.98. The van der Waals surface area contributed by atoms with Crippen LogP contribution in [0.5, 0.6) is 5.75 Å². The summed E-state index contributed by atoms with van der Waals surface area (Å²) in [5.74, 6) is 0.0714. The number of imide groups is 2. The molecule has 1 aromatic heterocycles. The number of methoxy groups -OCH3 is 1. The van der Waals surface area contributed by atoms with Gasteiger partial charge >= 0.3 is 0 Å². The Hall–Kier alpha value is -5.83. The Morgan fingerprint density at radius 2 is 1.60 bits per heavy atom. The molecule has 3 N–H and O–H groups in total. The molecule has 2 unspecified atom stereocenters. The van der Waals surface area contributed by atoms with Crippen LogP contribution in [0.3, 0.4) is 0 Å². The number of benzene rings is 3. The van der Waals surface area contributed by atoms with Gasteiger partial charge in [0.25, 0.3) is 11.8 Å². The number of hydrogen-bond donors (Lipinski definition) is 3.